The first-order valence-electron chi connectivity index (χ1n) is 6.80. The van der Waals surface area contributed by atoms with Gasteiger partial charge in [-0.05, 0) is 19.4 Å². The molecule has 0 spiro atoms. The predicted octanol–water partition coefficient (Wildman–Crippen LogP) is 3.53. The van der Waals surface area contributed by atoms with E-state index in [4.69, 9.17) is 9.47 Å². The van der Waals surface area contributed by atoms with Crippen LogP contribution in [0.2, 0.25) is 0 Å². The highest BCUT2D eigenvalue weighted by molar-refractivity contribution is 8.21. The fourth-order valence-electron chi connectivity index (χ4n) is 2.19. The SMILES string of the molecule is CSC(SC)=C(C(=O)c1ccc(C)cc1)C1COCCO1. The first-order chi connectivity index (χ1) is 10.2. The van der Waals surface area contributed by atoms with Crippen LogP contribution in [0.25, 0.3) is 0 Å². The first kappa shape index (κ1) is 16.6. The molecule has 2 rings (SSSR count). The monoisotopic (exact) mass is 324 g/mol. The van der Waals surface area contributed by atoms with Crippen LogP contribution in [0.15, 0.2) is 34.1 Å². The summed E-state index contributed by atoms with van der Waals surface area (Å²) in [5.41, 5.74) is 2.56. The van der Waals surface area contributed by atoms with Gasteiger partial charge in [0.05, 0.1) is 25.4 Å². The van der Waals surface area contributed by atoms with Gasteiger partial charge in [0.1, 0.15) is 6.10 Å². The highest BCUT2D eigenvalue weighted by Gasteiger charge is 2.28. The fraction of sp³-hybridized carbons (Fsp3) is 0.438. The number of ketones is 1. The number of benzene rings is 1. The molecule has 0 bridgehead atoms. The number of carbonyl (C=O) groups is 1. The molecule has 114 valence electrons. The average Bonchev–Trinajstić information content (AvgIpc) is 2.53. The van der Waals surface area contributed by atoms with Crippen LogP contribution in [-0.2, 0) is 9.47 Å². The molecule has 5 heteroatoms. The number of hydrogen-bond donors (Lipinski definition) is 0. The summed E-state index contributed by atoms with van der Waals surface area (Å²) < 4.78 is 12.2. The van der Waals surface area contributed by atoms with Crippen LogP contribution in [0.5, 0.6) is 0 Å². The number of hydrogen-bond acceptors (Lipinski definition) is 5. The summed E-state index contributed by atoms with van der Waals surface area (Å²) in [4.78, 5) is 12.9. The zero-order valence-electron chi connectivity index (χ0n) is 12.5. The van der Waals surface area contributed by atoms with Crippen molar-refractivity contribution in [1.29, 1.82) is 0 Å². The minimum atomic E-state index is -0.276. The fourth-order valence-corrected chi connectivity index (χ4v) is 3.74. The summed E-state index contributed by atoms with van der Waals surface area (Å²) in [6.45, 7) is 3.58. The number of thioether (sulfide) groups is 2. The van der Waals surface area contributed by atoms with E-state index in [1.54, 1.807) is 23.5 Å². The Kier molecular flexibility index (Phi) is 6.36. The highest BCUT2D eigenvalue weighted by atomic mass is 32.2. The predicted molar refractivity (Wildman–Crippen MR) is 90.1 cm³/mol. The van der Waals surface area contributed by atoms with Crippen LogP contribution in [-0.4, -0.2) is 44.2 Å². The van der Waals surface area contributed by atoms with E-state index in [2.05, 4.69) is 0 Å². The maximum Gasteiger partial charge on any atom is 0.193 e. The van der Waals surface area contributed by atoms with E-state index in [-0.39, 0.29) is 11.9 Å². The first-order valence-corrected chi connectivity index (χ1v) is 9.25. The van der Waals surface area contributed by atoms with Gasteiger partial charge >= 0.3 is 0 Å². The lowest BCUT2D eigenvalue weighted by molar-refractivity contribution is -0.0712. The molecule has 0 aliphatic carbocycles. The molecular formula is C16H20O3S2. The maximum absolute atomic E-state index is 12.9. The van der Waals surface area contributed by atoms with Crippen molar-refractivity contribution >= 4 is 29.3 Å². The van der Waals surface area contributed by atoms with Gasteiger partial charge in [-0.25, -0.2) is 0 Å². The summed E-state index contributed by atoms with van der Waals surface area (Å²) in [5, 5.41) is 0. The highest BCUT2D eigenvalue weighted by Crippen LogP contribution is 2.33. The van der Waals surface area contributed by atoms with Crippen LogP contribution in [0.3, 0.4) is 0 Å². The Morgan fingerprint density at radius 2 is 1.81 bits per heavy atom. The molecule has 3 nitrogen and oxygen atoms in total. The standard InChI is InChI=1S/C16H20O3S2/c1-11-4-6-12(7-5-11)15(17)14(16(20-2)21-3)13-10-18-8-9-19-13/h4-7,13H,8-10H2,1-3H3. The number of carbonyl (C=O) groups excluding carboxylic acids is 1. The largest absolute Gasteiger partial charge is 0.376 e. The van der Waals surface area contributed by atoms with Crippen molar-refractivity contribution in [3.8, 4) is 0 Å². The molecule has 0 saturated carbocycles. The lowest BCUT2D eigenvalue weighted by atomic mass is 9.99. The molecule has 1 aliphatic heterocycles. The second-order valence-electron chi connectivity index (χ2n) is 4.74. The quantitative estimate of drug-likeness (QED) is 0.611. The molecule has 1 fully saturated rings. The summed E-state index contributed by atoms with van der Waals surface area (Å²) in [6, 6.07) is 7.67. The lowest BCUT2D eigenvalue weighted by Crippen LogP contribution is -2.33. The van der Waals surface area contributed by atoms with Crippen LogP contribution < -0.4 is 0 Å². The molecule has 1 atom stereocenters. The molecule has 1 aromatic carbocycles. The van der Waals surface area contributed by atoms with Crippen molar-refractivity contribution in [2.45, 2.75) is 13.0 Å². The van der Waals surface area contributed by atoms with Crippen molar-refractivity contribution in [3.63, 3.8) is 0 Å². The van der Waals surface area contributed by atoms with Crippen molar-refractivity contribution in [1.82, 2.24) is 0 Å². The van der Waals surface area contributed by atoms with E-state index in [9.17, 15) is 4.79 Å². The number of rotatable bonds is 5. The van der Waals surface area contributed by atoms with E-state index >= 15 is 0 Å². The van der Waals surface area contributed by atoms with Crippen LogP contribution >= 0.6 is 23.5 Å². The summed E-state index contributed by atoms with van der Waals surface area (Å²) >= 11 is 3.17. The number of ether oxygens (including phenoxy) is 2. The Labute approximate surface area is 134 Å². The second-order valence-corrected chi connectivity index (χ2v) is 6.63. The van der Waals surface area contributed by atoms with E-state index in [0.717, 1.165) is 15.4 Å². The molecule has 1 aromatic rings. The Hall–Kier alpha value is -0.750. The Bertz CT molecular complexity index is 511. The molecule has 1 heterocycles. The van der Waals surface area contributed by atoms with Crippen LogP contribution in [0, 0.1) is 6.92 Å². The molecule has 1 aliphatic rings. The zero-order chi connectivity index (χ0) is 15.2. The third kappa shape index (κ3) is 4.13. The topological polar surface area (TPSA) is 35.5 Å². The molecule has 0 amide bonds. The van der Waals surface area contributed by atoms with Gasteiger partial charge in [-0.2, -0.15) is 0 Å². The molecule has 1 unspecified atom stereocenters. The molecule has 0 N–H and O–H groups in total. The number of Topliss-reactive ketones (excluding diaryl/α,β-unsaturated/α-hetero) is 1. The average molecular weight is 324 g/mol. The molecule has 0 radical (unpaired) electrons. The van der Waals surface area contributed by atoms with E-state index in [1.807, 2.05) is 43.7 Å². The number of aryl methyl sites for hydroxylation is 1. The Balaban J connectivity index is 2.36. The van der Waals surface area contributed by atoms with Gasteiger partial charge in [-0.15, -0.1) is 23.5 Å². The van der Waals surface area contributed by atoms with Crippen LogP contribution in [0.4, 0.5) is 0 Å². The smallest absolute Gasteiger partial charge is 0.193 e. The van der Waals surface area contributed by atoms with Crippen LogP contribution in [0.1, 0.15) is 15.9 Å². The molecule has 21 heavy (non-hydrogen) atoms. The minimum Gasteiger partial charge on any atom is -0.376 e. The lowest BCUT2D eigenvalue weighted by Gasteiger charge is -2.26. The van der Waals surface area contributed by atoms with Gasteiger partial charge in [-0.3, -0.25) is 4.79 Å². The normalized spacial score (nSPS) is 18.3. The second kappa shape index (κ2) is 8.03. The zero-order valence-corrected chi connectivity index (χ0v) is 14.2. The third-order valence-electron chi connectivity index (χ3n) is 3.29. The Morgan fingerprint density at radius 3 is 2.33 bits per heavy atom. The third-order valence-corrected chi connectivity index (χ3v) is 5.47. The van der Waals surface area contributed by atoms with Crippen molar-refractivity contribution in [2.24, 2.45) is 0 Å². The van der Waals surface area contributed by atoms with Gasteiger partial charge in [0.15, 0.2) is 5.78 Å². The van der Waals surface area contributed by atoms with Gasteiger partial charge < -0.3 is 9.47 Å². The molecular weight excluding hydrogens is 304 g/mol. The van der Waals surface area contributed by atoms with Gasteiger partial charge in [0.2, 0.25) is 0 Å². The molecule has 0 aromatic heterocycles. The minimum absolute atomic E-state index is 0.0317. The van der Waals surface area contributed by atoms with Gasteiger partial charge in [0.25, 0.3) is 0 Å². The Morgan fingerprint density at radius 1 is 1.14 bits per heavy atom. The summed E-state index contributed by atoms with van der Waals surface area (Å²) in [7, 11) is 0. The van der Waals surface area contributed by atoms with Gasteiger partial charge in [-0.1, -0.05) is 29.8 Å². The van der Waals surface area contributed by atoms with E-state index < -0.39 is 0 Å². The molecule has 1 saturated heterocycles. The van der Waals surface area contributed by atoms with E-state index in [0.29, 0.717) is 25.4 Å². The summed E-state index contributed by atoms with van der Waals surface area (Å²) in [6.07, 6.45) is 3.69. The maximum atomic E-state index is 12.9. The van der Waals surface area contributed by atoms with Crippen molar-refractivity contribution in [3.05, 3.63) is 45.2 Å². The van der Waals surface area contributed by atoms with Crippen molar-refractivity contribution < 1.29 is 14.3 Å². The van der Waals surface area contributed by atoms with E-state index in [1.165, 1.54) is 0 Å². The van der Waals surface area contributed by atoms with Gasteiger partial charge in [0, 0.05) is 9.80 Å². The van der Waals surface area contributed by atoms with Crippen molar-refractivity contribution in [2.75, 3.05) is 32.3 Å². The summed E-state index contributed by atoms with van der Waals surface area (Å²) in [5.74, 6) is 0.0317.